The van der Waals surface area contributed by atoms with E-state index in [0.29, 0.717) is 5.56 Å². The van der Waals surface area contributed by atoms with Crippen LogP contribution in [0.25, 0.3) is 0 Å². The van der Waals surface area contributed by atoms with E-state index in [1.54, 1.807) is 24.5 Å². The molecule has 18 heavy (non-hydrogen) atoms. The molecule has 0 bridgehead atoms. The molecule has 94 valence electrons. The van der Waals surface area contributed by atoms with Gasteiger partial charge in [-0.25, -0.2) is 9.82 Å². The molecule has 3 nitrogen and oxygen atoms in total. The number of hydrogen-bond acceptors (Lipinski definition) is 3. The van der Waals surface area contributed by atoms with Crippen LogP contribution in [0.1, 0.15) is 22.7 Å². The number of hydrogen-bond donors (Lipinski definition) is 2. The first-order valence-corrected chi connectivity index (χ1v) is 5.83. The Hall–Kier alpha value is -1.49. The van der Waals surface area contributed by atoms with Crippen molar-refractivity contribution < 1.29 is 4.39 Å². The van der Waals surface area contributed by atoms with E-state index in [4.69, 9.17) is 17.4 Å². The van der Waals surface area contributed by atoms with Gasteiger partial charge in [-0.15, -0.1) is 0 Å². The average molecular weight is 266 g/mol. The monoisotopic (exact) mass is 265 g/mol. The number of pyridine rings is 1. The number of aryl methyl sites for hydroxylation is 1. The van der Waals surface area contributed by atoms with Gasteiger partial charge in [0.1, 0.15) is 5.82 Å². The molecule has 0 spiro atoms. The van der Waals surface area contributed by atoms with Gasteiger partial charge in [0.2, 0.25) is 0 Å². The van der Waals surface area contributed by atoms with Crippen molar-refractivity contribution >= 4 is 11.6 Å². The predicted molar refractivity (Wildman–Crippen MR) is 69.6 cm³/mol. The highest BCUT2D eigenvalue weighted by Crippen LogP contribution is 2.28. The number of aromatic nitrogens is 1. The van der Waals surface area contributed by atoms with Crippen LogP contribution >= 0.6 is 11.6 Å². The molecule has 0 aliphatic heterocycles. The van der Waals surface area contributed by atoms with Crippen molar-refractivity contribution in [2.75, 3.05) is 0 Å². The zero-order chi connectivity index (χ0) is 13.1. The first-order valence-electron chi connectivity index (χ1n) is 5.45. The first-order chi connectivity index (χ1) is 8.65. The highest BCUT2D eigenvalue weighted by Gasteiger charge is 2.19. The minimum atomic E-state index is -0.475. The van der Waals surface area contributed by atoms with Crippen LogP contribution in [0.4, 0.5) is 4.39 Å². The van der Waals surface area contributed by atoms with E-state index in [1.165, 1.54) is 6.07 Å². The van der Waals surface area contributed by atoms with Crippen LogP contribution in [0.15, 0.2) is 36.7 Å². The van der Waals surface area contributed by atoms with E-state index in [2.05, 4.69) is 10.4 Å². The van der Waals surface area contributed by atoms with Crippen molar-refractivity contribution in [2.24, 2.45) is 5.84 Å². The SMILES string of the molecule is Cc1ccncc1C(NN)c1cccc(Cl)c1F. The third-order valence-electron chi connectivity index (χ3n) is 2.85. The van der Waals surface area contributed by atoms with Gasteiger partial charge < -0.3 is 0 Å². The topological polar surface area (TPSA) is 50.9 Å². The zero-order valence-corrected chi connectivity index (χ0v) is 10.6. The highest BCUT2D eigenvalue weighted by molar-refractivity contribution is 6.30. The molecular weight excluding hydrogens is 253 g/mol. The summed E-state index contributed by atoms with van der Waals surface area (Å²) in [6.07, 6.45) is 3.35. The van der Waals surface area contributed by atoms with Gasteiger partial charge in [0.15, 0.2) is 0 Å². The van der Waals surface area contributed by atoms with Gasteiger partial charge in [-0.3, -0.25) is 10.8 Å². The van der Waals surface area contributed by atoms with E-state index < -0.39 is 11.9 Å². The average Bonchev–Trinajstić information content (AvgIpc) is 2.37. The molecule has 2 aromatic rings. The summed E-state index contributed by atoms with van der Waals surface area (Å²) in [5.74, 6) is 5.07. The molecule has 1 aromatic heterocycles. The Balaban J connectivity index is 2.53. The number of rotatable bonds is 3. The Morgan fingerprint density at radius 1 is 1.33 bits per heavy atom. The number of benzene rings is 1. The summed E-state index contributed by atoms with van der Waals surface area (Å²) >= 11 is 5.78. The second-order valence-corrected chi connectivity index (χ2v) is 4.38. The molecule has 0 saturated carbocycles. The molecule has 0 aliphatic carbocycles. The highest BCUT2D eigenvalue weighted by atomic mass is 35.5. The van der Waals surface area contributed by atoms with Crippen LogP contribution in [0.3, 0.4) is 0 Å². The van der Waals surface area contributed by atoms with E-state index in [0.717, 1.165) is 11.1 Å². The lowest BCUT2D eigenvalue weighted by Crippen LogP contribution is -2.30. The molecule has 1 unspecified atom stereocenters. The Bertz CT molecular complexity index is 560. The molecule has 0 saturated heterocycles. The lowest BCUT2D eigenvalue weighted by molar-refractivity contribution is 0.558. The molecule has 3 N–H and O–H groups in total. The fourth-order valence-corrected chi connectivity index (χ4v) is 2.05. The second kappa shape index (κ2) is 5.44. The van der Waals surface area contributed by atoms with Crippen molar-refractivity contribution in [3.63, 3.8) is 0 Å². The van der Waals surface area contributed by atoms with Gasteiger partial charge in [-0.05, 0) is 30.2 Å². The van der Waals surface area contributed by atoms with Gasteiger partial charge >= 0.3 is 0 Å². The number of nitrogens with one attached hydrogen (secondary N) is 1. The number of nitrogens with zero attached hydrogens (tertiary/aromatic N) is 1. The fraction of sp³-hybridized carbons (Fsp3) is 0.154. The van der Waals surface area contributed by atoms with Crippen molar-refractivity contribution in [3.8, 4) is 0 Å². The molecule has 0 fully saturated rings. The van der Waals surface area contributed by atoms with Crippen molar-refractivity contribution in [1.29, 1.82) is 0 Å². The van der Waals surface area contributed by atoms with Gasteiger partial charge in [-0.1, -0.05) is 23.7 Å². The predicted octanol–water partition coefficient (Wildman–Crippen LogP) is 2.74. The molecule has 1 atom stereocenters. The maximum atomic E-state index is 14.0. The quantitative estimate of drug-likeness (QED) is 0.663. The van der Waals surface area contributed by atoms with E-state index >= 15 is 0 Å². The fourth-order valence-electron chi connectivity index (χ4n) is 1.87. The molecule has 0 amide bonds. The molecular formula is C13H13ClFN3. The van der Waals surface area contributed by atoms with Crippen molar-refractivity contribution in [1.82, 2.24) is 10.4 Å². The number of halogens is 2. The minimum absolute atomic E-state index is 0.0780. The summed E-state index contributed by atoms with van der Waals surface area (Å²) in [6.45, 7) is 1.92. The maximum absolute atomic E-state index is 14.0. The smallest absolute Gasteiger partial charge is 0.146 e. The standard InChI is InChI=1S/C13H13ClFN3/c1-8-5-6-17-7-10(8)13(18-16)9-3-2-4-11(14)12(9)15/h2-7,13,18H,16H2,1H3. The summed E-state index contributed by atoms with van der Waals surface area (Å²) in [5, 5.41) is 0.0780. The molecule has 0 radical (unpaired) electrons. The van der Waals surface area contributed by atoms with Crippen LogP contribution < -0.4 is 11.3 Å². The Labute approximate surface area is 110 Å². The summed E-state index contributed by atoms with van der Waals surface area (Å²) in [7, 11) is 0. The largest absolute Gasteiger partial charge is 0.271 e. The van der Waals surface area contributed by atoms with Crippen LogP contribution in [0.5, 0.6) is 0 Å². The zero-order valence-electron chi connectivity index (χ0n) is 9.82. The third kappa shape index (κ3) is 2.36. The van der Waals surface area contributed by atoms with Gasteiger partial charge in [-0.2, -0.15) is 0 Å². The minimum Gasteiger partial charge on any atom is -0.271 e. The molecule has 2 rings (SSSR count). The Morgan fingerprint density at radius 3 is 2.78 bits per heavy atom. The van der Waals surface area contributed by atoms with Crippen LogP contribution in [0.2, 0.25) is 5.02 Å². The van der Waals surface area contributed by atoms with E-state index in [-0.39, 0.29) is 5.02 Å². The number of nitrogens with two attached hydrogens (primary N) is 1. The molecule has 1 heterocycles. The van der Waals surface area contributed by atoms with Gasteiger partial charge in [0.25, 0.3) is 0 Å². The normalized spacial score (nSPS) is 12.4. The summed E-state index contributed by atoms with van der Waals surface area (Å²) in [5.41, 5.74) is 4.81. The lowest BCUT2D eigenvalue weighted by Gasteiger charge is -2.19. The first kappa shape index (κ1) is 13.0. The summed E-state index contributed by atoms with van der Waals surface area (Å²) < 4.78 is 14.0. The van der Waals surface area contributed by atoms with Crippen molar-refractivity contribution in [2.45, 2.75) is 13.0 Å². The molecule has 1 aromatic carbocycles. The lowest BCUT2D eigenvalue weighted by atomic mass is 9.97. The van der Waals surface area contributed by atoms with Crippen LogP contribution in [-0.2, 0) is 0 Å². The maximum Gasteiger partial charge on any atom is 0.146 e. The molecule has 5 heteroatoms. The van der Waals surface area contributed by atoms with Crippen LogP contribution in [0, 0.1) is 12.7 Å². The van der Waals surface area contributed by atoms with Gasteiger partial charge in [0.05, 0.1) is 11.1 Å². The second-order valence-electron chi connectivity index (χ2n) is 3.97. The third-order valence-corrected chi connectivity index (χ3v) is 3.14. The van der Waals surface area contributed by atoms with Crippen LogP contribution in [-0.4, -0.2) is 4.98 Å². The van der Waals surface area contributed by atoms with E-state index in [1.807, 2.05) is 13.0 Å². The molecule has 0 aliphatic rings. The number of hydrazine groups is 1. The van der Waals surface area contributed by atoms with Gasteiger partial charge in [0, 0.05) is 18.0 Å². The van der Waals surface area contributed by atoms with E-state index in [9.17, 15) is 4.39 Å². The Kier molecular flexibility index (Phi) is 3.91. The summed E-state index contributed by atoms with van der Waals surface area (Å²) in [6, 6.07) is 6.22. The summed E-state index contributed by atoms with van der Waals surface area (Å²) in [4.78, 5) is 4.04. The van der Waals surface area contributed by atoms with Crippen molar-refractivity contribution in [3.05, 3.63) is 64.2 Å². The Morgan fingerprint density at radius 2 is 2.11 bits per heavy atom.